The number of pyridine rings is 3. The summed E-state index contributed by atoms with van der Waals surface area (Å²) in [4.78, 5) is 13.9. The summed E-state index contributed by atoms with van der Waals surface area (Å²) in [5.41, 5.74) is 7.89. The molecule has 0 unspecified atom stereocenters. The molecule has 0 atom stereocenters. The van der Waals surface area contributed by atoms with Crippen molar-refractivity contribution < 1.29 is 0 Å². The Morgan fingerprint density at radius 3 is 2.37 bits per heavy atom. The Morgan fingerprint density at radius 1 is 0.605 bits per heavy atom. The largest absolute Gasteiger partial charge is 0.291 e. The highest BCUT2D eigenvalue weighted by molar-refractivity contribution is 7.26. The van der Waals surface area contributed by atoms with Crippen molar-refractivity contribution in [2.75, 3.05) is 0 Å². The van der Waals surface area contributed by atoms with Crippen molar-refractivity contribution in [2.24, 2.45) is 0 Å². The summed E-state index contributed by atoms with van der Waals surface area (Å²) in [6.07, 6.45) is 7.41. The molecule has 0 fully saturated rings. The molecule has 0 radical (unpaired) electrons. The number of hydrogen-bond acceptors (Lipinski definition) is 4. The minimum atomic E-state index is 0.873. The number of benzene rings is 3. The number of hydrogen-bond donors (Lipinski definition) is 0. The van der Waals surface area contributed by atoms with Gasteiger partial charge in [0.25, 0.3) is 0 Å². The first kappa shape index (κ1) is 21.2. The predicted octanol–water partition coefficient (Wildman–Crippen LogP) is 8.67. The van der Waals surface area contributed by atoms with Crippen LogP contribution in [-0.2, 0) is 0 Å². The van der Waals surface area contributed by atoms with Crippen LogP contribution in [-0.4, -0.2) is 19.5 Å². The van der Waals surface area contributed by atoms with Gasteiger partial charge < -0.3 is 0 Å². The van der Waals surface area contributed by atoms with Crippen LogP contribution in [0.15, 0.2) is 122 Å². The second-order valence-electron chi connectivity index (χ2n) is 9.33. The van der Waals surface area contributed by atoms with Gasteiger partial charge in [-0.2, -0.15) is 0 Å². The lowest BCUT2D eigenvalue weighted by molar-refractivity contribution is 1.08. The molecular weight excluding hydrogens is 484 g/mol. The predicted molar refractivity (Wildman–Crippen MR) is 158 cm³/mol. The van der Waals surface area contributed by atoms with Crippen LogP contribution in [0, 0.1) is 0 Å². The maximum absolute atomic E-state index is 4.87. The molecule has 8 rings (SSSR count). The van der Waals surface area contributed by atoms with Gasteiger partial charge in [-0.15, -0.1) is 11.3 Å². The van der Waals surface area contributed by atoms with E-state index in [1.54, 1.807) is 0 Å². The molecule has 0 saturated carbocycles. The summed E-state index contributed by atoms with van der Waals surface area (Å²) in [6.45, 7) is 0. The van der Waals surface area contributed by atoms with E-state index >= 15 is 0 Å². The van der Waals surface area contributed by atoms with Crippen LogP contribution in [0.3, 0.4) is 0 Å². The second kappa shape index (κ2) is 8.33. The molecule has 5 heterocycles. The minimum Gasteiger partial charge on any atom is -0.291 e. The Bertz CT molecular complexity index is 2130. The molecule has 0 aliphatic carbocycles. The number of nitrogens with zero attached hydrogens (tertiary/aromatic N) is 4. The monoisotopic (exact) mass is 504 g/mol. The van der Waals surface area contributed by atoms with Crippen LogP contribution in [0.4, 0.5) is 0 Å². The van der Waals surface area contributed by atoms with Crippen molar-refractivity contribution >= 4 is 53.4 Å². The molecule has 0 amide bonds. The third kappa shape index (κ3) is 3.12. The van der Waals surface area contributed by atoms with Gasteiger partial charge in [0.2, 0.25) is 0 Å². The lowest BCUT2D eigenvalue weighted by atomic mass is 10.0. The quantitative estimate of drug-likeness (QED) is 0.242. The van der Waals surface area contributed by atoms with Gasteiger partial charge in [-0.1, -0.05) is 48.5 Å². The molecule has 3 aromatic carbocycles. The van der Waals surface area contributed by atoms with Gasteiger partial charge in [0, 0.05) is 50.3 Å². The number of thiophene rings is 1. The van der Waals surface area contributed by atoms with Crippen molar-refractivity contribution in [3.63, 3.8) is 0 Å². The van der Waals surface area contributed by atoms with Gasteiger partial charge in [-0.25, -0.2) is 4.98 Å². The molecule has 0 aliphatic rings. The normalized spacial score (nSPS) is 11.7. The molecule has 5 heteroatoms. The van der Waals surface area contributed by atoms with E-state index in [1.807, 2.05) is 60.4 Å². The van der Waals surface area contributed by atoms with Crippen LogP contribution in [0.1, 0.15) is 0 Å². The molecular formula is C33H20N4S. The van der Waals surface area contributed by atoms with Crippen molar-refractivity contribution in [1.82, 2.24) is 19.5 Å². The summed E-state index contributed by atoms with van der Waals surface area (Å²) >= 11 is 1.85. The van der Waals surface area contributed by atoms with Crippen LogP contribution < -0.4 is 0 Å². The first-order valence-corrected chi connectivity index (χ1v) is 13.3. The van der Waals surface area contributed by atoms with Gasteiger partial charge in [-0.05, 0) is 70.8 Å². The average Bonchev–Trinajstić information content (AvgIpc) is 3.54. The van der Waals surface area contributed by atoms with Crippen molar-refractivity contribution in [3.05, 3.63) is 122 Å². The fraction of sp³-hybridized carbons (Fsp3) is 0. The summed E-state index contributed by atoms with van der Waals surface area (Å²) in [5, 5.41) is 3.63. The van der Waals surface area contributed by atoms with Crippen LogP contribution in [0.2, 0.25) is 0 Å². The van der Waals surface area contributed by atoms with E-state index in [4.69, 9.17) is 9.97 Å². The highest BCUT2D eigenvalue weighted by Crippen LogP contribution is 2.45. The van der Waals surface area contributed by atoms with E-state index in [2.05, 4.69) is 82.3 Å². The van der Waals surface area contributed by atoms with Crippen LogP contribution in [0.5, 0.6) is 0 Å². The Hall–Kier alpha value is -4.87. The lowest BCUT2D eigenvalue weighted by Crippen LogP contribution is -1.98. The molecule has 0 saturated heterocycles. The van der Waals surface area contributed by atoms with E-state index in [9.17, 15) is 0 Å². The zero-order chi connectivity index (χ0) is 25.1. The molecule has 0 N–H and O–H groups in total. The maximum Gasteiger partial charge on any atom is 0.138 e. The summed E-state index contributed by atoms with van der Waals surface area (Å²) in [5.74, 6) is 0.873. The van der Waals surface area contributed by atoms with Crippen molar-refractivity contribution in [1.29, 1.82) is 0 Å². The Morgan fingerprint density at radius 2 is 1.47 bits per heavy atom. The number of fused-ring (bicyclic) bond motifs is 7. The molecule has 8 aromatic rings. The van der Waals surface area contributed by atoms with E-state index < -0.39 is 0 Å². The number of rotatable bonds is 3. The molecule has 4 nitrogen and oxygen atoms in total. The van der Waals surface area contributed by atoms with Gasteiger partial charge in [0.05, 0.1) is 16.6 Å². The fourth-order valence-corrected chi connectivity index (χ4v) is 6.79. The van der Waals surface area contributed by atoms with Gasteiger partial charge in [-0.3, -0.25) is 14.5 Å². The van der Waals surface area contributed by atoms with Crippen LogP contribution in [0.25, 0.3) is 70.2 Å². The van der Waals surface area contributed by atoms with E-state index in [0.29, 0.717) is 0 Å². The number of aromatic nitrogens is 4. The summed E-state index contributed by atoms with van der Waals surface area (Å²) < 4.78 is 4.83. The average molecular weight is 505 g/mol. The third-order valence-corrected chi connectivity index (χ3v) is 8.42. The molecule has 0 spiro atoms. The zero-order valence-corrected chi connectivity index (χ0v) is 21.1. The highest BCUT2D eigenvalue weighted by Gasteiger charge is 2.20. The first-order chi connectivity index (χ1) is 18.9. The lowest BCUT2D eigenvalue weighted by Gasteiger charge is -2.10. The standard InChI is InChI=1S/C33H20N4S/c1-2-6-22(7-3-1)24-8-4-9-25-30-28(38-33(24)25)12-11-26-31-27(10-5-16-36-31)37(32(26)30)29-20-23(15-19-35-29)21-13-17-34-18-14-21/h1-20H. The Balaban J connectivity index is 1.50. The minimum absolute atomic E-state index is 0.873. The van der Waals surface area contributed by atoms with E-state index in [-0.39, 0.29) is 0 Å². The van der Waals surface area contributed by atoms with Gasteiger partial charge in [0.15, 0.2) is 0 Å². The topological polar surface area (TPSA) is 43.6 Å². The van der Waals surface area contributed by atoms with Crippen molar-refractivity contribution in [2.45, 2.75) is 0 Å². The van der Waals surface area contributed by atoms with E-state index in [1.165, 1.54) is 31.3 Å². The SMILES string of the molecule is c1ccc(-c2cccc3c2sc2ccc4c5ncccc5n(-c5cc(-c6ccncc6)ccn5)c4c23)cc1. The smallest absolute Gasteiger partial charge is 0.138 e. The van der Waals surface area contributed by atoms with Gasteiger partial charge in [0.1, 0.15) is 5.82 Å². The molecule has 178 valence electrons. The summed E-state index contributed by atoms with van der Waals surface area (Å²) in [7, 11) is 0. The highest BCUT2D eigenvalue weighted by atomic mass is 32.1. The van der Waals surface area contributed by atoms with Crippen molar-refractivity contribution in [3.8, 4) is 28.1 Å². The van der Waals surface area contributed by atoms with Crippen LogP contribution >= 0.6 is 11.3 Å². The Kier molecular flexibility index (Phi) is 4.66. The summed E-state index contributed by atoms with van der Waals surface area (Å²) in [6, 6.07) is 34.1. The van der Waals surface area contributed by atoms with Gasteiger partial charge >= 0.3 is 0 Å². The van der Waals surface area contributed by atoms with E-state index in [0.717, 1.165) is 38.9 Å². The molecule has 38 heavy (non-hydrogen) atoms. The zero-order valence-electron chi connectivity index (χ0n) is 20.2. The molecule has 0 aliphatic heterocycles. The third-order valence-electron chi connectivity index (χ3n) is 7.22. The first-order valence-electron chi connectivity index (χ1n) is 12.5. The Labute approximate surface area is 222 Å². The maximum atomic E-state index is 4.87. The molecule has 5 aromatic heterocycles. The second-order valence-corrected chi connectivity index (χ2v) is 10.4. The fourth-order valence-electron chi connectivity index (χ4n) is 5.55. The molecule has 0 bridgehead atoms.